The number of primary amides is 1. The zero-order valence-electron chi connectivity index (χ0n) is 17.7. The Balaban J connectivity index is 1.56. The molecule has 2 aromatic rings. The van der Waals surface area contributed by atoms with Crippen LogP contribution in [0.25, 0.3) is 11.0 Å². The van der Waals surface area contributed by atoms with Gasteiger partial charge >= 0.3 is 5.97 Å². The number of hydroxylamine groups is 2. The first-order valence-electron chi connectivity index (χ1n) is 10.2. The minimum Gasteiger partial charge on any atom is -0.784 e. The predicted molar refractivity (Wildman–Crippen MR) is 111 cm³/mol. The third kappa shape index (κ3) is 3.27. The topological polar surface area (TPSA) is 136 Å². The Morgan fingerprint density at radius 1 is 1.30 bits per heavy atom. The third-order valence-corrected chi connectivity index (χ3v) is 6.44. The fraction of sp³-hybridized carbons (Fsp3) is 0.571. The summed E-state index contributed by atoms with van der Waals surface area (Å²) in [5.41, 5.74) is 5.54. The van der Waals surface area contributed by atoms with Crippen LogP contribution in [-0.2, 0) is 9.53 Å². The molecule has 2 aliphatic rings. The summed E-state index contributed by atoms with van der Waals surface area (Å²) >= 11 is 0. The van der Waals surface area contributed by atoms with E-state index in [1.54, 1.807) is 26.0 Å². The Labute approximate surface area is 174 Å². The lowest BCUT2D eigenvalue weighted by Gasteiger charge is -2.47. The van der Waals surface area contributed by atoms with Crippen LogP contribution in [0.3, 0.4) is 0 Å². The molecule has 0 saturated carbocycles. The summed E-state index contributed by atoms with van der Waals surface area (Å²) in [5, 5.41) is 16.9. The fourth-order valence-corrected chi connectivity index (χ4v) is 4.83. The molecule has 9 heteroatoms. The van der Waals surface area contributed by atoms with Crippen LogP contribution in [0.5, 0.6) is 0 Å². The highest BCUT2D eigenvalue weighted by Gasteiger charge is 2.51. The highest BCUT2D eigenvalue weighted by atomic mass is 16.5. The molecule has 1 amide bonds. The van der Waals surface area contributed by atoms with Gasteiger partial charge in [-0.2, -0.15) is 0 Å². The molecule has 3 unspecified atom stereocenters. The number of aromatic nitrogens is 2. The van der Waals surface area contributed by atoms with E-state index in [2.05, 4.69) is 15.3 Å². The van der Waals surface area contributed by atoms with Crippen LogP contribution in [0.2, 0.25) is 0 Å². The lowest BCUT2D eigenvalue weighted by atomic mass is 9.87. The number of fused-ring (bicyclic) bond motifs is 1. The number of nitrogens with two attached hydrogens (primary N) is 1. The molecule has 0 bridgehead atoms. The maximum Gasteiger partial charge on any atom is 0.311 e. The minimum absolute atomic E-state index is 0.331. The Morgan fingerprint density at radius 2 is 2.03 bits per heavy atom. The number of nitrogens with one attached hydrogen (secondary N) is 2. The predicted octanol–water partition coefficient (Wildman–Crippen LogP) is 1.98. The van der Waals surface area contributed by atoms with Crippen LogP contribution in [0.1, 0.15) is 62.8 Å². The molecule has 162 valence electrons. The number of carbonyl (C=O) groups is 2. The Hall–Kier alpha value is -2.49. The fourth-order valence-electron chi connectivity index (χ4n) is 4.83. The van der Waals surface area contributed by atoms with Crippen molar-refractivity contribution in [2.24, 2.45) is 11.7 Å². The van der Waals surface area contributed by atoms with Gasteiger partial charge in [0, 0.05) is 11.1 Å². The second-order valence-corrected chi connectivity index (χ2v) is 9.40. The maximum atomic E-state index is 13.0. The lowest BCUT2D eigenvalue weighted by molar-refractivity contribution is -0.157. The van der Waals surface area contributed by atoms with E-state index >= 15 is 0 Å². The van der Waals surface area contributed by atoms with Crippen LogP contribution >= 0.6 is 0 Å². The second-order valence-electron chi connectivity index (χ2n) is 9.40. The van der Waals surface area contributed by atoms with E-state index in [0.29, 0.717) is 41.8 Å². The van der Waals surface area contributed by atoms with E-state index in [1.165, 1.54) is 0 Å². The molecule has 4 N–H and O–H groups in total. The third-order valence-electron chi connectivity index (χ3n) is 6.44. The zero-order valence-corrected chi connectivity index (χ0v) is 17.7. The number of hydrogen-bond donors (Lipinski definition) is 3. The number of rotatable bonds is 4. The number of esters is 1. The molecule has 0 aliphatic carbocycles. The first kappa shape index (κ1) is 20.8. The van der Waals surface area contributed by atoms with E-state index in [-0.39, 0.29) is 12.0 Å². The van der Waals surface area contributed by atoms with Gasteiger partial charge in [0.2, 0.25) is 0 Å². The number of amides is 1. The summed E-state index contributed by atoms with van der Waals surface area (Å²) in [5.74, 6) is -0.831. The summed E-state index contributed by atoms with van der Waals surface area (Å²) in [6.07, 6.45) is 0.655. The molecule has 3 heterocycles. The highest BCUT2D eigenvalue weighted by Crippen LogP contribution is 2.45. The highest BCUT2D eigenvalue weighted by molar-refractivity contribution is 6.04. The monoisotopic (exact) mass is 414 g/mol. The van der Waals surface area contributed by atoms with Crippen molar-refractivity contribution in [3.05, 3.63) is 34.8 Å². The number of ether oxygens (including phenoxy) is 1. The van der Waals surface area contributed by atoms with E-state index in [1.807, 2.05) is 19.9 Å². The summed E-state index contributed by atoms with van der Waals surface area (Å²) in [6.45, 7) is 7.93. The van der Waals surface area contributed by atoms with Crippen LogP contribution < -0.4 is 11.1 Å². The lowest BCUT2D eigenvalue weighted by Crippen LogP contribution is -2.47. The van der Waals surface area contributed by atoms with Gasteiger partial charge in [-0.1, -0.05) is 6.07 Å². The number of imidazole rings is 1. The molecule has 9 nitrogen and oxygen atoms in total. The second kappa shape index (κ2) is 7.04. The van der Waals surface area contributed by atoms with E-state index in [0.717, 1.165) is 5.06 Å². The Morgan fingerprint density at radius 3 is 2.67 bits per heavy atom. The molecule has 1 aromatic carbocycles. The molecule has 2 saturated heterocycles. The molecule has 2 aliphatic heterocycles. The van der Waals surface area contributed by atoms with Gasteiger partial charge in [-0.25, -0.2) is 4.98 Å². The minimum atomic E-state index is -0.835. The summed E-state index contributed by atoms with van der Waals surface area (Å²) in [6, 6.07) is 4.86. The van der Waals surface area contributed by atoms with Crippen molar-refractivity contribution >= 4 is 22.9 Å². The molecule has 0 spiro atoms. The van der Waals surface area contributed by atoms with Crippen molar-refractivity contribution < 1.29 is 14.3 Å². The quantitative estimate of drug-likeness (QED) is 0.651. The number of para-hydroxylation sites is 1. The SMILES string of the molecule is CC1(C)CC(C(=O)OC2CCNC2c2nc3c(C(N)=O)cccc3[nH]2)C(C)(C)N1[O-]. The van der Waals surface area contributed by atoms with Crippen molar-refractivity contribution in [1.82, 2.24) is 20.3 Å². The van der Waals surface area contributed by atoms with Crippen LogP contribution in [0.15, 0.2) is 18.2 Å². The number of nitrogens with zero attached hydrogens (tertiary/aromatic N) is 2. The molecular formula is C21H28N5O4-. The van der Waals surface area contributed by atoms with Gasteiger partial charge in [0.25, 0.3) is 5.91 Å². The number of H-pyrrole nitrogens is 1. The molecule has 0 radical (unpaired) electrons. The zero-order chi connectivity index (χ0) is 21.8. The number of carbonyl (C=O) groups excluding carboxylic acids is 2. The molecule has 3 atom stereocenters. The van der Waals surface area contributed by atoms with Crippen molar-refractivity contribution in [2.75, 3.05) is 6.54 Å². The van der Waals surface area contributed by atoms with Crippen molar-refractivity contribution in [3.8, 4) is 0 Å². The average molecular weight is 414 g/mol. The summed E-state index contributed by atoms with van der Waals surface area (Å²) in [4.78, 5) is 32.5. The van der Waals surface area contributed by atoms with Gasteiger partial charge in [-0.15, -0.1) is 0 Å². The van der Waals surface area contributed by atoms with Crippen LogP contribution in [0, 0.1) is 11.1 Å². The molecule has 30 heavy (non-hydrogen) atoms. The van der Waals surface area contributed by atoms with Gasteiger partial charge in [0.15, 0.2) is 0 Å². The van der Waals surface area contributed by atoms with Crippen molar-refractivity contribution in [3.63, 3.8) is 0 Å². The van der Waals surface area contributed by atoms with Gasteiger partial charge in [-0.05, 0) is 59.2 Å². The largest absolute Gasteiger partial charge is 0.784 e. The van der Waals surface area contributed by atoms with Crippen molar-refractivity contribution in [1.29, 1.82) is 0 Å². The van der Waals surface area contributed by atoms with E-state index in [4.69, 9.17) is 10.5 Å². The van der Waals surface area contributed by atoms with Crippen LogP contribution in [-0.4, -0.2) is 50.6 Å². The molecule has 1 aromatic heterocycles. The number of aromatic amines is 1. The van der Waals surface area contributed by atoms with E-state index < -0.39 is 29.0 Å². The molecular weight excluding hydrogens is 386 g/mol. The Bertz CT molecular complexity index is 998. The van der Waals surface area contributed by atoms with Gasteiger partial charge < -0.3 is 31.0 Å². The van der Waals surface area contributed by atoms with Gasteiger partial charge in [-0.3, -0.25) is 9.59 Å². The number of hydrogen-bond acceptors (Lipinski definition) is 7. The normalized spacial score (nSPS) is 28.1. The average Bonchev–Trinajstić information content (AvgIpc) is 3.34. The number of benzene rings is 1. The summed E-state index contributed by atoms with van der Waals surface area (Å²) < 4.78 is 5.89. The van der Waals surface area contributed by atoms with Crippen LogP contribution in [0.4, 0.5) is 0 Å². The summed E-state index contributed by atoms with van der Waals surface area (Å²) in [7, 11) is 0. The van der Waals surface area contributed by atoms with Gasteiger partial charge in [0.05, 0.1) is 17.0 Å². The maximum absolute atomic E-state index is 13.0. The first-order valence-corrected chi connectivity index (χ1v) is 10.2. The standard InChI is InChI=1S/C21H28N5O4/c1-20(2)10-12(21(3,4)26(20)29)19(28)30-14-8-9-23-16(14)18-24-13-7-5-6-11(17(22)27)15(13)25-18/h5-7,12,14,16,23H,8-10H2,1-4H3,(H2,22,27)(H,24,25)/q-1. The molecule has 4 rings (SSSR count). The Kier molecular flexibility index (Phi) is 4.87. The van der Waals surface area contributed by atoms with Gasteiger partial charge in [0.1, 0.15) is 23.5 Å². The van der Waals surface area contributed by atoms with Crippen molar-refractivity contribution in [2.45, 2.75) is 63.8 Å². The van der Waals surface area contributed by atoms with E-state index in [9.17, 15) is 14.8 Å². The first-order chi connectivity index (χ1) is 14.0. The smallest absolute Gasteiger partial charge is 0.311 e. The molecule has 2 fully saturated rings.